The van der Waals surface area contributed by atoms with E-state index in [0.29, 0.717) is 26.4 Å². The molecule has 110 valence electrons. The van der Waals surface area contributed by atoms with Gasteiger partial charge in [-0.1, -0.05) is 0 Å². The number of rotatable bonds is 12. The lowest BCUT2D eigenvalue weighted by Gasteiger charge is -2.18. The Bertz CT molecular complexity index is 159. The summed E-state index contributed by atoms with van der Waals surface area (Å²) in [6, 6.07) is 0. The minimum absolute atomic E-state index is 0.0135. The lowest BCUT2D eigenvalue weighted by atomic mass is 10.3. The van der Waals surface area contributed by atoms with Gasteiger partial charge in [0.05, 0.1) is 38.6 Å². The average molecular weight is 264 g/mol. The molecule has 0 aliphatic carbocycles. The molecule has 0 radical (unpaired) electrons. The van der Waals surface area contributed by atoms with Crippen LogP contribution in [0.5, 0.6) is 0 Å². The van der Waals surface area contributed by atoms with Crippen LogP contribution < -0.4 is 0 Å². The Morgan fingerprint density at radius 3 is 1.50 bits per heavy atom. The van der Waals surface area contributed by atoms with Crippen molar-refractivity contribution >= 4 is 0 Å². The van der Waals surface area contributed by atoms with E-state index < -0.39 is 6.10 Å². The Hall–Kier alpha value is -0.200. The molecule has 0 aliphatic rings. The van der Waals surface area contributed by atoms with Gasteiger partial charge in [-0.3, -0.25) is 0 Å². The van der Waals surface area contributed by atoms with Gasteiger partial charge in [0, 0.05) is 13.2 Å². The maximum absolute atomic E-state index is 9.67. The molecule has 0 heterocycles. The van der Waals surface area contributed by atoms with E-state index in [1.165, 1.54) is 0 Å². The van der Waals surface area contributed by atoms with Crippen molar-refractivity contribution < 1.29 is 24.1 Å². The molecule has 1 N–H and O–H groups in total. The third-order valence-corrected chi connectivity index (χ3v) is 2.26. The van der Waals surface area contributed by atoms with Crippen molar-refractivity contribution in [3.63, 3.8) is 0 Å². The summed E-state index contributed by atoms with van der Waals surface area (Å²) in [6.45, 7) is 10.7. The summed E-state index contributed by atoms with van der Waals surface area (Å²) in [6.07, 6.45) is -0.640. The first-order valence-electron chi connectivity index (χ1n) is 6.66. The fourth-order valence-corrected chi connectivity index (χ4v) is 1.26. The summed E-state index contributed by atoms with van der Waals surface area (Å²) in [5.74, 6) is 0. The second-order valence-electron chi connectivity index (χ2n) is 4.26. The molecule has 0 spiro atoms. The topological polar surface area (TPSA) is 57.2 Å². The quantitative estimate of drug-likeness (QED) is 0.574. The molecule has 2 atom stereocenters. The first-order valence-corrected chi connectivity index (χ1v) is 6.66. The Morgan fingerprint density at radius 2 is 1.17 bits per heavy atom. The third-order valence-electron chi connectivity index (χ3n) is 2.26. The number of aliphatic hydroxyl groups is 1. The summed E-state index contributed by atoms with van der Waals surface area (Å²) >= 11 is 0. The number of hydrogen-bond acceptors (Lipinski definition) is 5. The molecule has 0 aromatic rings. The Kier molecular flexibility index (Phi) is 11.7. The van der Waals surface area contributed by atoms with Crippen molar-refractivity contribution in [3.05, 3.63) is 0 Å². The first-order chi connectivity index (χ1) is 8.60. The van der Waals surface area contributed by atoms with Gasteiger partial charge >= 0.3 is 0 Å². The second-order valence-corrected chi connectivity index (χ2v) is 4.26. The van der Waals surface area contributed by atoms with Gasteiger partial charge < -0.3 is 24.1 Å². The van der Waals surface area contributed by atoms with Crippen LogP contribution in [0.25, 0.3) is 0 Å². The molecule has 0 saturated carbocycles. The highest BCUT2D eigenvalue weighted by molar-refractivity contribution is 4.57. The highest BCUT2D eigenvalue weighted by Crippen LogP contribution is 1.98. The van der Waals surface area contributed by atoms with Gasteiger partial charge in [-0.2, -0.15) is 0 Å². The average Bonchev–Trinajstić information content (AvgIpc) is 2.37. The zero-order chi connectivity index (χ0) is 13.8. The lowest BCUT2D eigenvalue weighted by Crippen LogP contribution is -2.29. The fourth-order valence-electron chi connectivity index (χ4n) is 1.26. The van der Waals surface area contributed by atoms with Gasteiger partial charge in [0.25, 0.3) is 0 Å². The van der Waals surface area contributed by atoms with Gasteiger partial charge in [-0.05, 0) is 27.7 Å². The Balaban J connectivity index is 3.49. The van der Waals surface area contributed by atoms with Crippen LogP contribution in [0.4, 0.5) is 0 Å². The summed E-state index contributed by atoms with van der Waals surface area (Å²) < 4.78 is 21.3. The number of ether oxygens (including phenoxy) is 4. The molecule has 0 saturated heterocycles. The molecule has 18 heavy (non-hydrogen) atoms. The van der Waals surface area contributed by atoms with E-state index >= 15 is 0 Å². The predicted octanol–water partition coefficient (Wildman–Crippen LogP) is 1.23. The third kappa shape index (κ3) is 10.9. The monoisotopic (exact) mass is 264 g/mol. The minimum Gasteiger partial charge on any atom is -0.388 e. The SMILES string of the molecule is CCOCC(C)OCC(O)COC(C)COCC. The molecule has 0 bridgehead atoms. The molecule has 0 fully saturated rings. The molecule has 0 aromatic carbocycles. The summed E-state index contributed by atoms with van der Waals surface area (Å²) in [5.41, 5.74) is 0. The van der Waals surface area contributed by atoms with E-state index in [0.717, 1.165) is 0 Å². The Labute approximate surface area is 110 Å². The van der Waals surface area contributed by atoms with Crippen molar-refractivity contribution in [2.45, 2.75) is 46.0 Å². The van der Waals surface area contributed by atoms with Crippen molar-refractivity contribution in [2.24, 2.45) is 0 Å². The summed E-state index contributed by atoms with van der Waals surface area (Å²) in [4.78, 5) is 0. The van der Waals surface area contributed by atoms with Crippen molar-refractivity contribution in [1.29, 1.82) is 0 Å². The van der Waals surface area contributed by atoms with Crippen LogP contribution in [0.3, 0.4) is 0 Å². The van der Waals surface area contributed by atoms with Crippen LogP contribution >= 0.6 is 0 Å². The van der Waals surface area contributed by atoms with Gasteiger partial charge in [-0.25, -0.2) is 0 Å². The Morgan fingerprint density at radius 1 is 0.778 bits per heavy atom. The fraction of sp³-hybridized carbons (Fsp3) is 1.00. The molecular weight excluding hydrogens is 236 g/mol. The van der Waals surface area contributed by atoms with Gasteiger partial charge in [-0.15, -0.1) is 0 Å². The maximum atomic E-state index is 9.67. The van der Waals surface area contributed by atoms with Gasteiger partial charge in [0.15, 0.2) is 0 Å². The normalized spacial score (nSPS) is 16.5. The largest absolute Gasteiger partial charge is 0.388 e. The smallest absolute Gasteiger partial charge is 0.101 e. The van der Waals surface area contributed by atoms with Gasteiger partial charge in [0.1, 0.15) is 6.10 Å². The highest BCUT2D eigenvalue weighted by Gasteiger charge is 2.10. The van der Waals surface area contributed by atoms with E-state index in [4.69, 9.17) is 18.9 Å². The van der Waals surface area contributed by atoms with Crippen LogP contribution in [0.1, 0.15) is 27.7 Å². The number of aliphatic hydroxyl groups excluding tert-OH is 1. The predicted molar refractivity (Wildman–Crippen MR) is 69.8 cm³/mol. The zero-order valence-electron chi connectivity index (χ0n) is 12.1. The van der Waals surface area contributed by atoms with Crippen LogP contribution in [-0.2, 0) is 18.9 Å². The van der Waals surface area contributed by atoms with Crippen molar-refractivity contribution in [2.75, 3.05) is 39.6 Å². The molecule has 0 aromatic heterocycles. The maximum Gasteiger partial charge on any atom is 0.101 e. The summed E-state index contributed by atoms with van der Waals surface area (Å²) in [5, 5.41) is 9.67. The lowest BCUT2D eigenvalue weighted by molar-refractivity contribution is -0.0810. The molecule has 5 heteroatoms. The number of hydrogen-bond donors (Lipinski definition) is 1. The van der Waals surface area contributed by atoms with Crippen molar-refractivity contribution in [3.8, 4) is 0 Å². The van der Waals surface area contributed by atoms with Gasteiger partial charge in [0.2, 0.25) is 0 Å². The highest BCUT2D eigenvalue weighted by atomic mass is 16.6. The van der Waals surface area contributed by atoms with E-state index in [-0.39, 0.29) is 25.4 Å². The van der Waals surface area contributed by atoms with Crippen LogP contribution in [0.2, 0.25) is 0 Å². The summed E-state index contributed by atoms with van der Waals surface area (Å²) in [7, 11) is 0. The molecular formula is C13H28O5. The van der Waals surface area contributed by atoms with E-state index in [1.54, 1.807) is 0 Å². The van der Waals surface area contributed by atoms with E-state index in [2.05, 4.69) is 0 Å². The van der Waals surface area contributed by atoms with E-state index in [1.807, 2.05) is 27.7 Å². The molecule has 0 amide bonds. The van der Waals surface area contributed by atoms with Crippen LogP contribution in [0, 0.1) is 0 Å². The van der Waals surface area contributed by atoms with Crippen LogP contribution in [0.15, 0.2) is 0 Å². The zero-order valence-corrected chi connectivity index (χ0v) is 12.1. The van der Waals surface area contributed by atoms with E-state index in [9.17, 15) is 5.11 Å². The molecule has 5 nitrogen and oxygen atoms in total. The minimum atomic E-state index is -0.613. The van der Waals surface area contributed by atoms with Crippen LogP contribution in [-0.4, -0.2) is 63.1 Å². The van der Waals surface area contributed by atoms with Crippen molar-refractivity contribution in [1.82, 2.24) is 0 Å². The molecule has 2 unspecified atom stereocenters. The molecule has 0 rings (SSSR count). The first kappa shape index (κ1) is 17.8. The standard InChI is InChI=1S/C13H28O5/c1-5-15-7-11(3)17-9-13(14)10-18-12(4)8-16-6-2/h11-14H,5-10H2,1-4H3. The molecule has 0 aliphatic heterocycles. The second kappa shape index (κ2) is 11.9.